The first-order valence-electron chi connectivity index (χ1n) is 15.0. The van der Waals surface area contributed by atoms with Crippen molar-refractivity contribution >= 4 is 12.2 Å². The summed E-state index contributed by atoms with van der Waals surface area (Å²) in [5.74, 6) is -0.272. The molecule has 0 N–H and O–H groups in total. The molecule has 2 aromatic carbocycles. The van der Waals surface area contributed by atoms with Crippen molar-refractivity contribution in [1.29, 1.82) is 0 Å². The first-order valence-corrected chi connectivity index (χ1v) is 15.0. The summed E-state index contributed by atoms with van der Waals surface area (Å²) in [4.78, 5) is 28.0. The summed E-state index contributed by atoms with van der Waals surface area (Å²) >= 11 is 0. The lowest BCUT2D eigenvalue weighted by molar-refractivity contribution is -0.143. The summed E-state index contributed by atoms with van der Waals surface area (Å²) in [7, 11) is 1.36. The molecule has 2 aliphatic rings. The zero-order valence-corrected chi connectivity index (χ0v) is 26.6. The summed E-state index contributed by atoms with van der Waals surface area (Å²) < 4.78 is 139. The monoisotopic (exact) mass is 698 g/mol. The number of carbonyl (C=O) groups is 2. The number of alkyl halides is 9. The molecule has 3 atom stereocenters. The lowest BCUT2D eigenvalue weighted by atomic mass is 9.84. The van der Waals surface area contributed by atoms with E-state index in [-0.39, 0.29) is 30.6 Å². The Hall–Kier alpha value is -3.69. The number of carbonyl (C=O) groups excluding carboxylic acids is 2. The number of cyclic esters (lactones) is 1. The van der Waals surface area contributed by atoms with Gasteiger partial charge in [0.2, 0.25) is 0 Å². The molecule has 4 rings (SSSR count). The van der Waals surface area contributed by atoms with E-state index in [0.717, 1.165) is 17.0 Å². The first kappa shape index (κ1) is 37.1. The molecule has 0 aliphatic carbocycles. The fourth-order valence-corrected chi connectivity index (χ4v) is 5.97. The number of amides is 2. The molecule has 2 fully saturated rings. The van der Waals surface area contributed by atoms with Crippen LogP contribution in [0.5, 0.6) is 0 Å². The van der Waals surface area contributed by atoms with Crippen LogP contribution in [0.25, 0.3) is 0 Å². The van der Waals surface area contributed by atoms with Gasteiger partial charge in [0.1, 0.15) is 11.7 Å². The van der Waals surface area contributed by atoms with E-state index in [4.69, 9.17) is 14.2 Å². The number of piperidine rings is 1. The highest BCUT2D eigenvalue weighted by atomic mass is 19.4. The maximum absolute atomic E-state index is 13.8. The second kappa shape index (κ2) is 13.3. The fraction of sp³-hybridized carbons (Fsp3) is 0.562. The van der Waals surface area contributed by atoms with E-state index in [9.17, 15) is 49.1 Å². The van der Waals surface area contributed by atoms with Crippen molar-refractivity contribution in [2.75, 3.05) is 20.2 Å². The van der Waals surface area contributed by atoms with Gasteiger partial charge in [-0.15, -0.1) is 0 Å². The number of benzene rings is 2. The van der Waals surface area contributed by atoms with Gasteiger partial charge in [-0.2, -0.15) is 39.5 Å². The molecular weight excluding hydrogens is 663 g/mol. The molecule has 0 spiro atoms. The Labute approximate surface area is 270 Å². The number of nitrogens with zero attached hydrogens (tertiary/aromatic N) is 2. The van der Waals surface area contributed by atoms with Gasteiger partial charge < -0.3 is 19.1 Å². The van der Waals surface area contributed by atoms with Crippen molar-refractivity contribution in [1.82, 2.24) is 9.80 Å². The minimum absolute atomic E-state index is 0.00396. The van der Waals surface area contributed by atoms with Gasteiger partial charge in [-0.3, -0.25) is 4.90 Å². The van der Waals surface area contributed by atoms with E-state index in [1.807, 2.05) is 0 Å². The van der Waals surface area contributed by atoms with Gasteiger partial charge in [0, 0.05) is 26.7 Å². The number of ether oxygens (including phenoxy) is 3. The maximum Gasteiger partial charge on any atom is 0.416 e. The van der Waals surface area contributed by atoms with Crippen LogP contribution in [0.1, 0.15) is 86.1 Å². The van der Waals surface area contributed by atoms with Gasteiger partial charge in [-0.25, -0.2) is 9.59 Å². The summed E-state index contributed by atoms with van der Waals surface area (Å²) in [6.07, 6.45) is -18.3. The third kappa shape index (κ3) is 8.47. The molecule has 1 unspecified atom stereocenters. The van der Waals surface area contributed by atoms with Crippen LogP contribution in [0.4, 0.5) is 49.1 Å². The third-order valence-electron chi connectivity index (χ3n) is 8.32. The molecule has 2 amide bonds. The topological polar surface area (TPSA) is 68.3 Å². The molecule has 7 nitrogen and oxygen atoms in total. The molecule has 0 bridgehead atoms. The smallest absolute Gasteiger partial charge is 0.416 e. The van der Waals surface area contributed by atoms with Crippen LogP contribution in [0, 0.1) is 5.92 Å². The second-order valence-electron chi connectivity index (χ2n) is 12.9. The highest BCUT2D eigenvalue weighted by Crippen LogP contribution is 2.43. The van der Waals surface area contributed by atoms with Crippen molar-refractivity contribution in [2.45, 2.75) is 89.5 Å². The SMILES string of the molecule is COC(c1ccc(C(F)(F)F)cc1CN1C(=O)O[C@H](c2cc(C(F)(F)F)cc(C(F)(F)F)c2)[C@@H]1C)C1CCN(C(=O)OC(C)(C)C)CC1. The van der Waals surface area contributed by atoms with Gasteiger partial charge in [-0.1, -0.05) is 6.07 Å². The van der Waals surface area contributed by atoms with Crippen molar-refractivity contribution < 1.29 is 63.3 Å². The van der Waals surface area contributed by atoms with Crippen LogP contribution in [-0.2, 0) is 39.3 Å². The van der Waals surface area contributed by atoms with Gasteiger partial charge in [0.25, 0.3) is 0 Å². The van der Waals surface area contributed by atoms with Crippen molar-refractivity contribution in [3.05, 3.63) is 69.8 Å². The standard InChI is InChI=1S/C32H35F9N2O5/c1-17-25(19-12-22(31(36,37)38)15-23(13-19)32(39,40)41)47-28(45)43(17)16-20-14-21(30(33,34)35)6-7-24(20)26(46-5)18-8-10-42(11-9-18)27(44)48-29(2,3)4/h6-7,12-15,17-18,25-26H,8-11,16H2,1-5H3/t17-,25-,26?/m0/s1. The Bertz CT molecular complexity index is 1460. The molecular formula is C32H35F9N2O5. The van der Waals surface area contributed by atoms with Crippen LogP contribution in [0.15, 0.2) is 36.4 Å². The Kier molecular flexibility index (Phi) is 10.3. The zero-order chi connectivity index (χ0) is 36.0. The summed E-state index contributed by atoms with van der Waals surface area (Å²) in [5.41, 5.74) is -5.24. The van der Waals surface area contributed by atoms with Gasteiger partial charge in [-0.05, 0) is 93.5 Å². The largest absolute Gasteiger partial charge is 0.444 e. The molecule has 48 heavy (non-hydrogen) atoms. The van der Waals surface area contributed by atoms with Crippen LogP contribution in [-0.4, -0.2) is 53.8 Å². The Morgan fingerprint density at radius 3 is 1.90 bits per heavy atom. The van der Waals surface area contributed by atoms with Gasteiger partial charge in [0.05, 0.1) is 28.8 Å². The molecule has 0 saturated carbocycles. The second-order valence-corrected chi connectivity index (χ2v) is 12.9. The number of hydrogen-bond donors (Lipinski definition) is 0. The molecule has 0 aromatic heterocycles. The minimum atomic E-state index is -5.15. The molecule has 266 valence electrons. The molecule has 0 radical (unpaired) electrons. The normalized spacial score (nSPS) is 20.6. The number of likely N-dealkylation sites (tertiary alicyclic amines) is 1. The Balaban J connectivity index is 1.64. The van der Waals surface area contributed by atoms with Crippen LogP contribution in [0.3, 0.4) is 0 Å². The Morgan fingerprint density at radius 1 is 0.875 bits per heavy atom. The van der Waals surface area contributed by atoms with E-state index in [1.165, 1.54) is 25.0 Å². The summed E-state index contributed by atoms with van der Waals surface area (Å²) in [6.45, 7) is 6.54. The Morgan fingerprint density at radius 2 is 1.42 bits per heavy atom. The van der Waals surface area contributed by atoms with Crippen LogP contribution in [0.2, 0.25) is 0 Å². The van der Waals surface area contributed by atoms with E-state index in [1.54, 1.807) is 20.8 Å². The van der Waals surface area contributed by atoms with Gasteiger partial charge >= 0.3 is 30.7 Å². The van der Waals surface area contributed by atoms with E-state index in [0.29, 0.717) is 30.5 Å². The lowest BCUT2D eigenvalue weighted by Gasteiger charge is -2.37. The molecule has 2 aliphatic heterocycles. The summed E-state index contributed by atoms with van der Waals surface area (Å²) in [6, 6.07) is 2.58. The predicted molar refractivity (Wildman–Crippen MR) is 152 cm³/mol. The quantitative estimate of drug-likeness (QED) is 0.282. The number of hydrogen-bond acceptors (Lipinski definition) is 5. The molecule has 16 heteroatoms. The summed E-state index contributed by atoms with van der Waals surface area (Å²) in [5, 5.41) is 0. The zero-order valence-electron chi connectivity index (χ0n) is 26.6. The van der Waals surface area contributed by atoms with E-state index >= 15 is 0 Å². The van der Waals surface area contributed by atoms with Crippen molar-refractivity contribution in [3.8, 4) is 0 Å². The average Bonchev–Trinajstić information content (AvgIpc) is 3.24. The predicted octanol–water partition coefficient (Wildman–Crippen LogP) is 9.16. The van der Waals surface area contributed by atoms with Crippen molar-refractivity contribution in [2.24, 2.45) is 5.92 Å². The third-order valence-corrected chi connectivity index (χ3v) is 8.32. The maximum atomic E-state index is 13.8. The fourth-order valence-electron chi connectivity index (χ4n) is 5.97. The van der Waals surface area contributed by atoms with Crippen LogP contribution >= 0.6 is 0 Å². The highest BCUT2D eigenvalue weighted by Gasteiger charge is 2.44. The number of rotatable bonds is 6. The van der Waals surface area contributed by atoms with Gasteiger partial charge in [0.15, 0.2) is 0 Å². The minimum Gasteiger partial charge on any atom is -0.444 e. The first-order chi connectivity index (χ1) is 22.0. The highest BCUT2D eigenvalue weighted by molar-refractivity contribution is 5.71. The molecule has 2 heterocycles. The number of methoxy groups -OCH3 is 1. The molecule has 2 saturated heterocycles. The average molecular weight is 699 g/mol. The van der Waals surface area contributed by atoms with E-state index < -0.39 is 83.4 Å². The lowest BCUT2D eigenvalue weighted by Crippen LogP contribution is -2.42. The van der Waals surface area contributed by atoms with Crippen LogP contribution < -0.4 is 0 Å². The molecule has 2 aromatic rings. The van der Waals surface area contributed by atoms with E-state index in [2.05, 4.69) is 0 Å². The van der Waals surface area contributed by atoms with Crippen molar-refractivity contribution in [3.63, 3.8) is 0 Å². The number of halogens is 9.